The molecule has 4 aromatic rings. The molecule has 1 aromatic carbocycles. The number of oxazole rings is 1. The number of pyridine rings is 1. The summed E-state index contributed by atoms with van der Waals surface area (Å²) in [7, 11) is 1.57. The molecule has 0 spiro atoms. The molecule has 7 nitrogen and oxygen atoms in total. The van der Waals surface area contributed by atoms with Crippen LogP contribution in [0.1, 0.15) is 12.8 Å². The fourth-order valence-corrected chi connectivity index (χ4v) is 2.35. The Balaban J connectivity index is 1.68. The molecule has 0 unspecified atom stereocenters. The first-order valence-corrected chi connectivity index (χ1v) is 7.51. The maximum Gasteiger partial charge on any atom is 0.259 e. The van der Waals surface area contributed by atoms with Crippen LogP contribution < -0.4 is 4.74 Å². The molecule has 0 radical (unpaired) electrons. The van der Waals surface area contributed by atoms with E-state index in [0.29, 0.717) is 23.5 Å². The molecule has 0 atom stereocenters. The van der Waals surface area contributed by atoms with Crippen LogP contribution in [0.2, 0.25) is 0 Å². The second kappa shape index (κ2) is 5.77. The van der Waals surface area contributed by atoms with Crippen molar-refractivity contribution in [3.63, 3.8) is 0 Å². The molecule has 0 saturated heterocycles. The van der Waals surface area contributed by atoms with Crippen molar-refractivity contribution >= 4 is 11.1 Å². The van der Waals surface area contributed by atoms with E-state index in [1.807, 2.05) is 31.2 Å². The summed E-state index contributed by atoms with van der Waals surface area (Å²) in [6.07, 6.45) is 2.38. The molecule has 4 rings (SSSR count). The highest BCUT2D eigenvalue weighted by Gasteiger charge is 2.13. The summed E-state index contributed by atoms with van der Waals surface area (Å²) in [6.45, 7) is 2.00. The van der Waals surface area contributed by atoms with E-state index < -0.39 is 0 Å². The smallest absolute Gasteiger partial charge is 0.259 e. The third kappa shape index (κ3) is 2.50. The Hall–Kier alpha value is -3.22. The van der Waals surface area contributed by atoms with Crippen LogP contribution >= 0.6 is 0 Å². The normalized spacial score (nSPS) is 11.1. The molecule has 3 aromatic heterocycles. The predicted molar refractivity (Wildman–Crippen MR) is 86.5 cm³/mol. The number of nitrogens with zero attached hydrogens (tertiary/aromatic N) is 4. The fraction of sp³-hybridized carbons (Fsp3) is 0.176. The monoisotopic (exact) mass is 322 g/mol. The second-order valence-corrected chi connectivity index (χ2v) is 5.16. The zero-order valence-electron chi connectivity index (χ0n) is 13.2. The van der Waals surface area contributed by atoms with Gasteiger partial charge in [-0.2, -0.15) is 4.98 Å². The minimum Gasteiger partial charge on any atom is -0.481 e. The number of aromatic nitrogens is 4. The van der Waals surface area contributed by atoms with Crippen molar-refractivity contribution in [3.05, 3.63) is 42.4 Å². The van der Waals surface area contributed by atoms with Gasteiger partial charge in [-0.1, -0.05) is 12.1 Å². The van der Waals surface area contributed by atoms with Gasteiger partial charge in [-0.15, -0.1) is 0 Å². The van der Waals surface area contributed by atoms with Gasteiger partial charge in [0.2, 0.25) is 11.7 Å². The van der Waals surface area contributed by atoms with Crippen molar-refractivity contribution in [2.24, 2.45) is 0 Å². The summed E-state index contributed by atoms with van der Waals surface area (Å²) < 4.78 is 16.0. The van der Waals surface area contributed by atoms with Crippen LogP contribution in [0.3, 0.4) is 0 Å². The van der Waals surface area contributed by atoms with Crippen LogP contribution in [0.5, 0.6) is 5.88 Å². The zero-order chi connectivity index (χ0) is 16.5. The zero-order valence-corrected chi connectivity index (χ0v) is 13.2. The number of rotatable bonds is 4. The number of ether oxygens (including phenoxy) is 1. The lowest BCUT2D eigenvalue weighted by molar-refractivity contribution is 0.397. The van der Waals surface area contributed by atoms with Gasteiger partial charge in [-0.25, -0.2) is 9.97 Å². The average Bonchev–Trinajstić information content (AvgIpc) is 3.27. The van der Waals surface area contributed by atoms with Gasteiger partial charge in [0.25, 0.3) is 5.89 Å². The molecule has 0 amide bonds. The van der Waals surface area contributed by atoms with Crippen LogP contribution in [0.4, 0.5) is 0 Å². The van der Waals surface area contributed by atoms with E-state index >= 15 is 0 Å². The maximum absolute atomic E-state index is 5.61. The van der Waals surface area contributed by atoms with E-state index in [2.05, 4.69) is 20.1 Å². The van der Waals surface area contributed by atoms with E-state index in [9.17, 15) is 0 Å². The Morgan fingerprint density at radius 1 is 1.08 bits per heavy atom. The van der Waals surface area contributed by atoms with E-state index in [-0.39, 0.29) is 0 Å². The van der Waals surface area contributed by atoms with Gasteiger partial charge in [0.05, 0.1) is 12.7 Å². The van der Waals surface area contributed by atoms with Gasteiger partial charge < -0.3 is 13.7 Å². The van der Waals surface area contributed by atoms with Gasteiger partial charge in [0.15, 0.2) is 11.5 Å². The largest absolute Gasteiger partial charge is 0.481 e. The van der Waals surface area contributed by atoms with E-state index in [1.54, 1.807) is 19.4 Å². The molecule has 24 heavy (non-hydrogen) atoms. The summed E-state index contributed by atoms with van der Waals surface area (Å²) in [5.41, 5.74) is 3.07. The number of methoxy groups -OCH3 is 1. The summed E-state index contributed by atoms with van der Waals surface area (Å²) >= 11 is 0. The van der Waals surface area contributed by atoms with Gasteiger partial charge >= 0.3 is 0 Å². The number of hydrogen-bond acceptors (Lipinski definition) is 7. The topological polar surface area (TPSA) is 87.1 Å². The molecule has 0 aliphatic heterocycles. The second-order valence-electron chi connectivity index (χ2n) is 5.16. The van der Waals surface area contributed by atoms with Crippen molar-refractivity contribution in [1.29, 1.82) is 0 Å². The highest BCUT2D eigenvalue weighted by molar-refractivity contribution is 5.78. The molecular formula is C17H14N4O3. The number of fused-ring (bicyclic) bond motifs is 1. The van der Waals surface area contributed by atoms with Crippen molar-refractivity contribution in [2.75, 3.05) is 7.11 Å². The molecule has 0 fully saturated rings. The molecule has 7 heteroatoms. The highest BCUT2D eigenvalue weighted by Crippen LogP contribution is 2.26. The molecule has 3 heterocycles. The molecular weight excluding hydrogens is 308 g/mol. The van der Waals surface area contributed by atoms with Crippen molar-refractivity contribution in [2.45, 2.75) is 13.3 Å². The van der Waals surface area contributed by atoms with Gasteiger partial charge in [0.1, 0.15) is 5.52 Å². The van der Waals surface area contributed by atoms with Crippen LogP contribution in [-0.2, 0) is 6.42 Å². The molecule has 0 aliphatic carbocycles. The number of benzene rings is 1. The lowest BCUT2D eigenvalue weighted by Gasteiger charge is -1.97. The van der Waals surface area contributed by atoms with Crippen molar-refractivity contribution in [3.8, 4) is 28.7 Å². The average molecular weight is 322 g/mol. The minimum atomic E-state index is 0.398. The van der Waals surface area contributed by atoms with Crippen LogP contribution in [0, 0.1) is 0 Å². The third-order valence-electron chi connectivity index (χ3n) is 3.61. The highest BCUT2D eigenvalue weighted by atomic mass is 16.5. The molecule has 120 valence electrons. The van der Waals surface area contributed by atoms with Crippen molar-refractivity contribution < 1.29 is 13.7 Å². The van der Waals surface area contributed by atoms with Crippen LogP contribution in [0.15, 0.2) is 45.5 Å². The first-order chi connectivity index (χ1) is 11.8. The first-order valence-electron chi connectivity index (χ1n) is 7.51. The number of hydrogen-bond donors (Lipinski definition) is 0. The third-order valence-corrected chi connectivity index (χ3v) is 3.61. The Labute approximate surface area is 137 Å². The number of aryl methyl sites for hydroxylation is 1. The Morgan fingerprint density at radius 3 is 2.71 bits per heavy atom. The molecule has 0 aliphatic rings. The van der Waals surface area contributed by atoms with Gasteiger partial charge in [-0.3, -0.25) is 0 Å². The van der Waals surface area contributed by atoms with Crippen LogP contribution in [0.25, 0.3) is 33.9 Å². The summed E-state index contributed by atoms with van der Waals surface area (Å²) in [5.74, 6) is 2.13. The lowest BCUT2D eigenvalue weighted by Crippen LogP contribution is -1.87. The Bertz CT molecular complexity index is 989. The minimum absolute atomic E-state index is 0.398. The molecule has 0 bridgehead atoms. The van der Waals surface area contributed by atoms with Gasteiger partial charge in [-0.05, 0) is 24.3 Å². The SMILES string of the molecule is CCc1nc2cc(-c3noc(-c4ccc(OC)nc4)n3)ccc2o1. The molecule has 0 N–H and O–H groups in total. The van der Waals surface area contributed by atoms with E-state index in [1.165, 1.54) is 0 Å². The van der Waals surface area contributed by atoms with Gasteiger partial charge in [0, 0.05) is 24.2 Å². The first kappa shape index (κ1) is 14.4. The van der Waals surface area contributed by atoms with Crippen LogP contribution in [-0.4, -0.2) is 27.2 Å². The van der Waals surface area contributed by atoms with E-state index in [0.717, 1.165) is 28.6 Å². The quantitative estimate of drug-likeness (QED) is 0.568. The predicted octanol–water partition coefficient (Wildman–Crippen LogP) is 3.51. The Kier molecular flexibility index (Phi) is 3.45. The Morgan fingerprint density at radius 2 is 1.96 bits per heavy atom. The molecule has 0 saturated carbocycles. The summed E-state index contributed by atoms with van der Waals surface area (Å²) in [6, 6.07) is 9.19. The summed E-state index contributed by atoms with van der Waals surface area (Å²) in [4.78, 5) is 13.0. The van der Waals surface area contributed by atoms with E-state index in [4.69, 9.17) is 13.7 Å². The maximum atomic E-state index is 5.61. The van der Waals surface area contributed by atoms with Crippen molar-refractivity contribution in [1.82, 2.24) is 20.1 Å². The summed E-state index contributed by atoms with van der Waals surface area (Å²) in [5, 5.41) is 4.04. The lowest BCUT2D eigenvalue weighted by atomic mass is 10.2. The standard InChI is InChI=1S/C17H14N4O3/c1-3-14-19-12-8-10(4-6-13(12)23-14)16-20-17(24-21-16)11-5-7-15(22-2)18-9-11/h4-9H,3H2,1-2H3. The fourth-order valence-electron chi connectivity index (χ4n) is 2.35.